The van der Waals surface area contributed by atoms with E-state index in [0.717, 1.165) is 49.6 Å². The molecule has 1 aromatic carbocycles. The number of nitrogens with one attached hydrogen (secondary N) is 1. The zero-order valence-corrected chi connectivity index (χ0v) is 16.6. The molecule has 2 aromatic heterocycles. The molecule has 2 saturated heterocycles. The summed E-state index contributed by atoms with van der Waals surface area (Å²) in [6, 6.07) is 8.98. The van der Waals surface area contributed by atoms with Gasteiger partial charge in [-0.2, -0.15) is 0 Å². The van der Waals surface area contributed by atoms with Crippen molar-refractivity contribution in [1.29, 1.82) is 0 Å². The van der Waals surface area contributed by atoms with Crippen LogP contribution in [0.15, 0.2) is 36.8 Å². The van der Waals surface area contributed by atoms with E-state index >= 15 is 0 Å². The van der Waals surface area contributed by atoms with Crippen LogP contribution < -0.4 is 5.32 Å². The lowest BCUT2D eigenvalue weighted by Crippen LogP contribution is -2.65. The van der Waals surface area contributed by atoms with Gasteiger partial charge >= 0.3 is 0 Å². The van der Waals surface area contributed by atoms with Gasteiger partial charge in [0.15, 0.2) is 0 Å². The Bertz CT molecular complexity index is 999. The molecule has 2 fully saturated rings. The lowest BCUT2D eigenvalue weighted by molar-refractivity contribution is -0.191. The van der Waals surface area contributed by atoms with E-state index in [1.165, 1.54) is 29.8 Å². The number of anilines is 1. The molecular formula is C22H27N5O. The monoisotopic (exact) mass is 377 g/mol. The zero-order chi connectivity index (χ0) is 19.1. The molecule has 0 saturated carbocycles. The highest BCUT2D eigenvalue weighted by molar-refractivity contribution is 5.77. The fourth-order valence-corrected chi connectivity index (χ4v) is 4.44. The van der Waals surface area contributed by atoms with E-state index < -0.39 is 0 Å². The van der Waals surface area contributed by atoms with Gasteiger partial charge in [-0.15, -0.1) is 0 Å². The highest BCUT2D eigenvalue weighted by Gasteiger charge is 2.48. The molecule has 0 amide bonds. The number of fused-ring (bicyclic) bond motifs is 1. The molecule has 5 rings (SSSR count). The molecule has 6 nitrogen and oxygen atoms in total. The van der Waals surface area contributed by atoms with Crippen molar-refractivity contribution in [2.45, 2.75) is 26.4 Å². The molecule has 0 aliphatic carbocycles. The maximum absolute atomic E-state index is 5.38. The summed E-state index contributed by atoms with van der Waals surface area (Å²) >= 11 is 0. The Morgan fingerprint density at radius 3 is 2.75 bits per heavy atom. The first-order valence-corrected chi connectivity index (χ1v) is 10.1. The first-order valence-electron chi connectivity index (χ1n) is 10.1. The standard InChI is InChI=1S/C22H27N5O/c1-3-17-6-16(10-27-11-22(12-27)13-28-14-22)4-5-18(17)8-23-21-7-20-19(9-24-21)25-15-26(20)2/h4-7,9,15H,3,8,10-14H2,1-2H3,(H,23,24). The normalized spacial score (nSPS) is 18.2. The van der Waals surface area contributed by atoms with Gasteiger partial charge in [-0.25, -0.2) is 9.97 Å². The van der Waals surface area contributed by atoms with Gasteiger partial charge < -0.3 is 14.6 Å². The number of hydrogen-bond donors (Lipinski definition) is 1. The third-order valence-corrected chi connectivity index (χ3v) is 6.06. The van der Waals surface area contributed by atoms with Crippen molar-refractivity contribution in [1.82, 2.24) is 19.4 Å². The van der Waals surface area contributed by atoms with Crippen molar-refractivity contribution in [2.24, 2.45) is 12.5 Å². The van der Waals surface area contributed by atoms with Crippen LogP contribution in [0.4, 0.5) is 5.82 Å². The minimum atomic E-state index is 0.486. The fraction of sp³-hybridized carbons (Fsp3) is 0.455. The Hall–Kier alpha value is -2.44. The fourth-order valence-electron chi connectivity index (χ4n) is 4.44. The van der Waals surface area contributed by atoms with Gasteiger partial charge in [0, 0.05) is 44.7 Å². The molecule has 0 atom stereocenters. The lowest BCUT2D eigenvalue weighted by atomic mass is 9.78. The van der Waals surface area contributed by atoms with Crippen molar-refractivity contribution in [2.75, 3.05) is 31.6 Å². The Morgan fingerprint density at radius 1 is 1.14 bits per heavy atom. The molecule has 0 radical (unpaired) electrons. The minimum Gasteiger partial charge on any atom is -0.380 e. The number of rotatable bonds is 6. The van der Waals surface area contributed by atoms with Crippen LogP contribution in [0.3, 0.4) is 0 Å². The molecule has 146 valence electrons. The second kappa shape index (κ2) is 6.87. The van der Waals surface area contributed by atoms with Crippen molar-refractivity contribution in [3.63, 3.8) is 0 Å². The van der Waals surface area contributed by atoms with Gasteiger partial charge in [0.1, 0.15) is 11.3 Å². The number of aromatic nitrogens is 3. The van der Waals surface area contributed by atoms with Crippen LogP contribution >= 0.6 is 0 Å². The first kappa shape index (κ1) is 17.6. The maximum atomic E-state index is 5.38. The van der Waals surface area contributed by atoms with E-state index in [2.05, 4.69) is 51.4 Å². The van der Waals surface area contributed by atoms with E-state index in [0.29, 0.717) is 5.41 Å². The SMILES string of the molecule is CCc1cc(CN2CC3(COC3)C2)ccc1CNc1cc2c(cn1)ncn2C. The summed E-state index contributed by atoms with van der Waals surface area (Å²) in [7, 11) is 2.00. The van der Waals surface area contributed by atoms with Gasteiger partial charge in [0.25, 0.3) is 0 Å². The van der Waals surface area contributed by atoms with Crippen LogP contribution in [0, 0.1) is 5.41 Å². The summed E-state index contributed by atoms with van der Waals surface area (Å²) in [6.45, 7) is 8.32. The van der Waals surface area contributed by atoms with Crippen LogP contribution in [0.1, 0.15) is 23.6 Å². The van der Waals surface area contributed by atoms with E-state index in [1.807, 2.05) is 24.1 Å². The van der Waals surface area contributed by atoms with Crippen molar-refractivity contribution in [3.8, 4) is 0 Å². The quantitative estimate of drug-likeness (QED) is 0.716. The van der Waals surface area contributed by atoms with Crippen molar-refractivity contribution in [3.05, 3.63) is 53.5 Å². The predicted octanol–water partition coefficient (Wildman–Crippen LogP) is 2.98. The Morgan fingerprint density at radius 2 is 2.00 bits per heavy atom. The van der Waals surface area contributed by atoms with Crippen LogP contribution in [0.25, 0.3) is 11.0 Å². The number of likely N-dealkylation sites (tertiary alicyclic amines) is 1. The molecule has 2 aliphatic heterocycles. The average molecular weight is 377 g/mol. The summed E-state index contributed by atoms with van der Waals surface area (Å²) in [5, 5.41) is 3.48. The van der Waals surface area contributed by atoms with Crippen LogP contribution in [-0.2, 0) is 31.3 Å². The predicted molar refractivity (Wildman–Crippen MR) is 110 cm³/mol. The van der Waals surface area contributed by atoms with E-state index in [4.69, 9.17) is 4.74 Å². The number of imidazole rings is 1. The van der Waals surface area contributed by atoms with Gasteiger partial charge in [-0.1, -0.05) is 25.1 Å². The van der Waals surface area contributed by atoms with E-state index in [1.54, 1.807) is 0 Å². The minimum absolute atomic E-state index is 0.486. The molecule has 28 heavy (non-hydrogen) atoms. The molecule has 0 bridgehead atoms. The molecule has 2 aliphatic rings. The molecule has 1 spiro atoms. The Kier molecular flexibility index (Phi) is 4.33. The van der Waals surface area contributed by atoms with Gasteiger partial charge in [-0.05, 0) is 23.1 Å². The summed E-state index contributed by atoms with van der Waals surface area (Å²) in [4.78, 5) is 11.3. The molecule has 0 unspecified atom stereocenters. The molecule has 3 aromatic rings. The summed E-state index contributed by atoms with van der Waals surface area (Å²) in [5.41, 5.74) is 6.66. The average Bonchev–Trinajstić information content (AvgIpc) is 3.02. The number of ether oxygens (including phenoxy) is 1. The number of aryl methyl sites for hydroxylation is 2. The lowest BCUT2D eigenvalue weighted by Gasteiger charge is -2.55. The number of nitrogens with zero attached hydrogens (tertiary/aromatic N) is 4. The smallest absolute Gasteiger partial charge is 0.128 e. The summed E-state index contributed by atoms with van der Waals surface area (Å²) in [5.74, 6) is 0.885. The zero-order valence-electron chi connectivity index (χ0n) is 16.6. The summed E-state index contributed by atoms with van der Waals surface area (Å²) in [6.07, 6.45) is 4.69. The third kappa shape index (κ3) is 3.16. The number of pyridine rings is 1. The third-order valence-electron chi connectivity index (χ3n) is 6.06. The highest BCUT2D eigenvalue weighted by Crippen LogP contribution is 2.38. The molecule has 1 N–H and O–H groups in total. The Balaban J connectivity index is 1.24. The summed E-state index contributed by atoms with van der Waals surface area (Å²) < 4.78 is 7.39. The van der Waals surface area contributed by atoms with Crippen LogP contribution in [0.5, 0.6) is 0 Å². The van der Waals surface area contributed by atoms with Gasteiger partial charge in [0.05, 0.1) is 31.3 Å². The van der Waals surface area contributed by atoms with E-state index in [9.17, 15) is 0 Å². The second-order valence-electron chi connectivity index (χ2n) is 8.36. The first-order chi connectivity index (χ1) is 13.6. The topological polar surface area (TPSA) is 55.2 Å². The number of hydrogen-bond acceptors (Lipinski definition) is 5. The van der Waals surface area contributed by atoms with Crippen LogP contribution in [-0.4, -0.2) is 45.7 Å². The largest absolute Gasteiger partial charge is 0.380 e. The van der Waals surface area contributed by atoms with Crippen LogP contribution in [0.2, 0.25) is 0 Å². The highest BCUT2D eigenvalue weighted by atomic mass is 16.5. The Labute approximate surface area is 165 Å². The second-order valence-corrected chi connectivity index (χ2v) is 8.36. The van der Waals surface area contributed by atoms with Gasteiger partial charge in [-0.3, -0.25) is 4.90 Å². The van der Waals surface area contributed by atoms with Crippen molar-refractivity contribution < 1.29 is 4.74 Å². The van der Waals surface area contributed by atoms with E-state index in [-0.39, 0.29) is 0 Å². The number of benzene rings is 1. The molecule has 6 heteroatoms. The molecular weight excluding hydrogens is 350 g/mol. The maximum Gasteiger partial charge on any atom is 0.128 e. The molecule has 4 heterocycles. The van der Waals surface area contributed by atoms with Gasteiger partial charge in [0.2, 0.25) is 0 Å². The van der Waals surface area contributed by atoms with Crippen molar-refractivity contribution >= 4 is 16.9 Å².